The number of rotatable bonds is 4. The minimum absolute atomic E-state index is 0.0449. The molecule has 2 aliphatic rings. The second kappa shape index (κ2) is 8.11. The molecular weight excluding hydrogens is 394 g/mol. The number of hydrogen-bond acceptors (Lipinski definition) is 5. The summed E-state index contributed by atoms with van der Waals surface area (Å²) >= 11 is 0. The lowest BCUT2D eigenvalue weighted by molar-refractivity contribution is -0.133. The van der Waals surface area contributed by atoms with Gasteiger partial charge in [-0.15, -0.1) is 0 Å². The van der Waals surface area contributed by atoms with Crippen LogP contribution in [0.1, 0.15) is 15.9 Å². The molecule has 31 heavy (non-hydrogen) atoms. The van der Waals surface area contributed by atoms with Crippen LogP contribution in [0, 0.1) is 5.92 Å². The van der Waals surface area contributed by atoms with Crippen LogP contribution in [0.2, 0.25) is 0 Å². The van der Waals surface area contributed by atoms with Crippen LogP contribution >= 0.6 is 0 Å². The topological polar surface area (TPSA) is 80.6 Å². The van der Waals surface area contributed by atoms with Crippen LogP contribution in [0.4, 0.5) is 0 Å². The van der Waals surface area contributed by atoms with Crippen LogP contribution in [-0.4, -0.2) is 75.5 Å². The number of imidazole rings is 1. The summed E-state index contributed by atoms with van der Waals surface area (Å²) in [7, 11) is 1.79. The normalized spacial score (nSPS) is 21.4. The molecule has 2 saturated heterocycles. The number of aryl methyl sites for hydroxylation is 2. The van der Waals surface area contributed by atoms with Gasteiger partial charge in [-0.2, -0.15) is 0 Å². The highest BCUT2D eigenvalue weighted by Crippen LogP contribution is 2.22. The molecule has 0 radical (unpaired) electrons. The number of carbonyl (C=O) groups is 2. The number of benzene rings is 1. The number of ether oxygens (including phenoxy) is 1. The fourth-order valence-corrected chi connectivity index (χ4v) is 4.37. The van der Waals surface area contributed by atoms with Crippen molar-refractivity contribution in [1.29, 1.82) is 0 Å². The van der Waals surface area contributed by atoms with Crippen molar-refractivity contribution in [2.75, 3.05) is 33.4 Å². The van der Waals surface area contributed by atoms with Crippen molar-refractivity contribution < 1.29 is 14.3 Å². The van der Waals surface area contributed by atoms with Crippen molar-refractivity contribution >= 4 is 23.0 Å². The molecule has 2 bridgehead atoms. The van der Waals surface area contributed by atoms with E-state index in [1.54, 1.807) is 35.4 Å². The number of hydrogen-bond donors (Lipinski definition) is 0. The quantitative estimate of drug-likeness (QED) is 0.642. The minimum Gasteiger partial charge on any atom is -0.378 e. The van der Waals surface area contributed by atoms with E-state index in [0.29, 0.717) is 37.4 Å². The molecule has 8 heteroatoms. The number of likely N-dealkylation sites (N-methyl/N-ethyl adjacent to an activating group) is 1. The molecule has 0 unspecified atom stereocenters. The SMILES string of the molecule is CN1C(=O)[C@H]2COC[C@@H]1CN(C(=O)c1cnc3c(c1)ncn3CCc1ccccc1)C2. The molecule has 160 valence electrons. The van der Waals surface area contributed by atoms with E-state index in [9.17, 15) is 9.59 Å². The second-order valence-corrected chi connectivity index (χ2v) is 8.29. The van der Waals surface area contributed by atoms with Gasteiger partial charge in [-0.05, 0) is 18.1 Å². The van der Waals surface area contributed by atoms with Crippen molar-refractivity contribution in [3.63, 3.8) is 0 Å². The minimum atomic E-state index is -0.324. The molecule has 0 saturated carbocycles. The number of pyridine rings is 1. The monoisotopic (exact) mass is 419 g/mol. The van der Waals surface area contributed by atoms with Gasteiger partial charge in [0, 0.05) is 32.9 Å². The van der Waals surface area contributed by atoms with Gasteiger partial charge < -0.3 is 19.1 Å². The lowest BCUT2D eigenvalue weighted by Crippen LogP contribution is -2.45. The second-order valence-electron chi connectivity index (χ2n) is 8.29. The summed E-state index contributed by atoms with van der Waals surface area (Å²) in [5.74, 6) is -0.396. The summed E-state index contributed by atoms with van der Waals surface area (Å²) in [6.45, 7) is 2.39. The van der Waals surface area contributed by atoms with E-state index in [-0.39, 0.29) is 23.8 Å². The summed E-state index contributed by atoms with van der Waals surface area (Å²) < 4.78 is 7.64. The Balaban J connectivity index is 1.34. The van der Waals surface area contributed by atoms with Gasteiger partial charge in [0.1, 0.15) is 5.52 Å². The first-order valence-electron chi connectivity index (χ1n) is 10.6. The maximum atomic E-state index is 13.2. The van der Waals surface area contributed by atoms with Crippen molar-refractivity contribution in [2.45, 2.75) is 19.0 Å². The average Bonchev–Trinajstić information content (AvgIpc) is 3.08. The first-order chi connectivity index (χ1) is 15.1. The Morgan fingerprint density at radius 3 is 2.84 bits per heavy atom. The van der Waals surface area contributed by atoms with Gasteiger partial charge in [0.25, 0.3) is 5.91 Å². The average molecular weight is 419 g/mol. The van der Waals surface area contributed by atoms with E-state index in [2.05, 4.69) is 22.1 Å². The fourth-order valence-electron chi connectivity index (χ4n) is 4.37. The Morgan fingerprint density at radius 1 is 1.16 bits per heavy atom. The van der Waals surface area contributed by atoms with E-state index < -0.39 is 0 Å². The lowest BCUT2D eigenvalue weighted by atomic mass is 10.1. The number of amides is 2. The highest BCUT2D eigenvalue weighted by atomic mass is 16.5. The third kappa shape index (κ3) is 3.79. The van der Waals surface area contributed by atoms with E-state index in [1.807, 2.05) is 22.8 Å². The Hall–Kier alpha value is -3.26. The van der Waals surface area contributed by atoms with Crippen LogP contribution in [0.3, 0.4) is 0 Å². The van der Waals surface area contributed by atoms with Crippen LogP contribution in [0.5, 0.6) is 0 Å². The molecule has 2 fully saturated rings. The predicted octanol–water partition coefficient (Wildman–Crippen LogP) is 1.60. The lowest BCUT2D eigenvalue weighted by Gasteiger charge is -2.29. The van der Waals surface area contributed by atoms with Gasteiger partial charge in [-0.3, -0.25) is 9.59 Å². The molecule has 8 nitrogen and oxygen atoms in total. The third-order valence-corrected chi connectivity index (χ3v) is 6.22. The highest BCUT2D eigenvalue weighted by Gasteiger charge is 2.39. The van der Waals surface area contributed by atoms with Gasteiger partial charge in [0.2, 0.25) is 5.91 Å². The van der Waals surface area contributed by atoms with Crippen LogP contribution in [0.25, 0.3) is 11.2 Å². The first-order valence-corrected chi connectivity index (χ1v) is 10.6. The summed E-state index contributed by atoms with van der Waals surface area (Å²) in [6, 6.07) is 12.0. The summed E-state index contributed by atoms with van der Waals surface area (Å²) in [5, 5.41) is 0. The number of nitrogens with zero attached hydrogens (tertiary/aromatic N) is 5. The van der Waals surface area contributed by atoms with Gasteiger partial charge in [0.05, 0.1) is 37.1 Å². The Kier molecular flexibility index (Phi) is 5.15. The summed E-state index contributed by atoms with van der Waals surface area (Å²) in [5.41, 5.74) is 3.22. The molecule has 0 N–H and O–H groups in total. The molecule has 2 atom stereocenters. The molecule has 1 aromatic carbocycles. The van der Waals surface area contributed by atoms with Crippen molar-refractivity contribution in [1.82, 2.24) is 24.3 Å². The number of carbonyl (C=O) groups excluding carboxylic acids is 2. The van der Waals surface area contributed by atoms with E-state index in [1.165, 1.54) is 5.56 Å². The van der Waals surface area contributed by atoms with Gasteiger partial charge >= 0.3 is 0 Å². The summed E-state index contributed by atoms with van der Waals surface area (Å²) in [6.07, 6.45) is 4.28. The highest BCUT2D eigenvalue weighted by molar-refractivity contribution is 5.97. The van der Waals surface area contributed by atoms with Crippen LogP contribution < -0.4 is 0 Å². The maximum Gasteiger partial charge on any atom is 0.255 e. The first kappa shape index (κ1) is 19.7. The summed E-state index contributed by atoms with van der Waals surface area (Å²) in [4.78, 5) is 38.3. The zero-order valence-electron chi connectivity index (χ0n) is 17.5. The third-order valence-electron chi connectivity index (χ3n) is 6.22. The molecule has 4 heterocycles. The van der Waals surface area contributed by atoms with E-state index >= 15 is 0 Å². The van der Waals surface area contributed by atoms with Crippen molar-refractivity contribution in [3.8, 4) is 0 Å². The zero-order valence-corrected chi connectivity index (χ0v) is 17.5. The standard InChI is InChI=1S/C23H25N5O3/c1-26-19-12-28(11-18(22(26)29)13-31-14-19)23(30)17-9-20-21(24-10-17)27(15-25-20)8-7-16-5-3-2-4-6-16/h2-6,9-10,15,18-19H,7-8,11-14H2,1H3/t18-,19+/m1/s1. The predicted molar refractivity (Wildman–Crippen MR) is 114 cm³/mol. The van der Waals surface area contributed by atoms with Crippen molar-refractivity contribution in [2.24, 2.45) is 5.92 Å². The van der Waals surface area contributed by atoms with Gasteiger partial charge in [0.15, 0.2) is 5.65 Å². The fraction of sp³-hybridized carbons (Fsp3) is 0.391. The zero-order chi connectivity index (χ0) is 21.4. The smallest absolute Gasteiger partial charge is 0.255 e. The Bertz CT molecular complexity index is 1110. The van der Waals surface area contributed by atoms with E-state index in [4.69, 9.17) is 4.74 Å². The molecule has 3 aromatic rings. The van der Waals surface area contributed by atoms with Crippen LogP contribution in [-0.2, 0) is 22.5 Å². The molecule has 2 amide bonds. The van der Waals surface area contributed by atoms with Gasteiger partial charge in [-0.1, -0.05) is 30.3 Å². The van der Waals surface area contributed by atoms with Crippen LogP contribution in [0.15, 0.2) is 48.9 Å². The number of aromatic nitrogens is 3. The molecule has 2 aliphatic heterocycles. The van der Waals surface area contributed by atoms with Gasteiger partial charge in [-0.25, -0.2) is 9.97 Å². The maximum absolute atomic E-state index is 13.2. The number of fused-ring (bicyclic) bond motifs is 4. The molecule has 5 rings (SSSR count). The molecule has 0 aliphatic carbocycles. The molecular formula is C23H25N5O3. The Morgan fingerprint density at radius 2 is 2.00 bits per heavy atom. The molecule has 0 spiro atoms. The molecule has 2 aromatic heterocycles. The largest absolute Gasteiger partial charge is 0.378 e. The Labute approximate surface area is 180 Å². The van der Waals surface area contributed by atoms with E-state index in [0.717, 1.165) is 18.6 Å². The van der Waals surface area contributed by atoms with Crippen molar-refractivity contribution in [3.05, 3.63) is 60.0 Å².